The first-order valence-corrected chi connectivity index (χ1v) is 6.36. The van der Waals surface area contributed by atoms with Gasteiger partial charge in [0.2, 0.25) is 5.91 Å². The molecule has 0 atom stereocenters. The van der Waals surface area contributed by atoms with Gasteiger partial charge in [-0.1, -0.05) is 6.92 Å². The standard InChI is InChI=1S/C13H17N3O3/c1-2-10-6-9(13(18)19)7-11(15-10)16-5-3-4-14-12(17)8-16/h6-7H,2-5,8H2,1H3,(H,14,17)(H,18,19). The van der Waals surface area contributed by atoms with E-state index in [1.807, 2.05) is 11.8 Å². The largest absolute Gasteiger partial charge is 0.478 e. The van der Waals surface area contributed by atoms with Gasteiger partial charge in [0.25, 0.3) is 0 Å². The molecule has 6 nitrogen and oxygen atoms in total. The van der Waals surface area contributed by atoms with Gasteiger partial charge in [-0.2, -0.15) is 0 Å². The molecular weight excluding hydrogens is 246 g/mol. The average molecular weight is 263 g/mol. The predicted octanol–water partition coefficient (Wildman–Crippen LogP) is 0.668. The predicted molar refractivity (Wildman–Crippen MR) is 70.4 cm³/mol. The molecule has 0 saturated carbocycles. The van der Waals surface area contributed by atoms with Gasteiger partial charge < -0.3 is 15.3 Å². The Kier molecular flexibility index (Phi) is 3.99. The van der Waals surface area contributed by atoms with Crippen molar-refractivity contribution >= 4 is 17.7 Å². The van der Waals surface area contributed by atoms with Crippen LogP contribution in [0.15, 0.2) is 12.1 Å². The zero-order valence-electron chi connectivity index (χ0n) is 10.8. The number of anilines is 1. The Hall–Kier alpha value is -2.11. The minimum absolute atomic E-state index is 0.0573. The number of aromatic nitrogens is 1. The maximum Gasteiger partial charge on any atom is 0.335 e. The molecule has 0 spiro atoms. The number of carboxylic acids is 1. The van der Waals surface area contributed by atoms with Gasteiger partial charge in [-0.05, 0) is 25.0 Å². The van der Waals surface area contributed by atoms with Gasteiger partial charge in [0.05, 0.1) is 12.1 Å². The van der Waals surface area contributed by atoms with Gasteiger partial charge >= 0.3 is 5.97 Å². The number of nitrogens with one attached hydrogen (secondary N) is 1. The number of pyridine rings is 1. The molecule has 1 aromatic heterocycles. The summed E-state index contributed by atoms with van der Waals surface area (Å²) in [4.78, 5) is 28.9. The highest BCUT2D eigenvalue weighted by Crippen LogP contribution is 2.17. The maximum absolute atomic E-state index is 11.5. The summed E-state index contributed by atoms with van der Waals surface area (Å²) >= 11 is 0. The summed E-state index contributed by atoms with van der Waals surface area (Å²) in [6.07, 6.45) is 1.49. The fraction of sp³-hybridized carbons (Fsp3) is 0.462. The van der Waals surface area contributed by atoms with E-state index in [0.29, 0.717) is 25.3 Å². The van der Waals surface area contributed by atoms with Crippen LogP contribution in [0.5, 0.6) is 0 Å². The first-order valence-electron chi connectivity index (χ1n) is 6.36. The third-order valence-corrected chi connectivity index (χ3v) is 3.06. The molecule has 1 aliphatic heterocycles. The minimum Gasteiger partial charge on any atom is -0.478 e. The van der Waals surface area contributed by atoms with Gasteiger partial charge in [-0.3, -0.25) is 4.79 Å². The van der Waals surface area contributed by atoms with Crippen LogP contribution < -0.4 is 10.2 Å². The zero-order valence-corrected chi connectivity index (χ0v) is 10.8. The van der Waals surface area contributed by atoms with Crippen LogP contribution in [0, 0.1) is 0 Å². The van der Waals surface area contributed by atoms with Crippen LogP contribution in [0.4, 0.5) is 5.82 Å². The van der Waals surface area contributed by atoms with E-state index in [2.05, 4.69) is 10.3 Å². The molecule has 1 fully saturated rings. The highest BCUT2D eigenvalue weighted by molar-refractivity contribution is 5.89. The van der Waals surface area contributed by atoms with Crippen molar-refractivity contribution in [2.75, 3.05) is 24.5 Å². The van der Waals surface area contributed by atoms with Crippen molar-refractivity contribution in [3.8, 4) is 0 Å². The number of carboxylic acid groups (broad SMARTS) is 1. The molecular formula is C13H17N3O3. The quantitative estimate of drug-likeness (QED) is 0.837. The summed E-state index contributed by atoms with van der Waals surface area (Å²) in [5.41, 5.74) is 0.936. The van der Waals surface area contributed by atoms with Crippen LogP contribution >= 0.6 is 0 Å². The van der Waals surface area contributed by atoms with Crippen molar-refractivity contribution < 1.29 is 14.7 Å². The van der Waals surface area contributed by atoms with E-state index >= 15 is 0 Å². The molecule has 0 unspecified atom stereocenters. The molecule has 0 aliphatic carbocycles. The van der Waals surface area contributed by atoms with Gasteiger partial charge in [-0.25, -0.2) is 9.78 Å². The lowest BCUT2D eigenvalue weighted by Crippen LogP contribution is -2.33. The molecule has 0 bridgehead atoms. The van der Waals surface area contributed by atoms with Crippen LogP contribution in [0.3, 0.4) is 0 Å². The van der Waals surface area contributed by atoms with E-state index in [0.717, 1.165) is 12.1 Å². The van der Waals surface area contributed by atoms with Crippen LogP contribution in [-0.2, 0) is 11.2 Å². The molecule has 2 N–H and O–H groups in total. The molecule has 1 aliphatic rings. The Labute approximate surface area is 111 Å². The van der Waals surface area contributed by atoms with Crippen molar-refractivity contribution in [1.82, 2.24) is 10.3 Å². The van der Waals surface area contributed by atoms with Crippen molar-refractivity contribution in [2.24, 2.45) is 0 Å². The molecule has 0 radical (unpaired) electrons. The molecule has 1 saturated heterocycles. The smallest absolute Gasteiger partial charge is 0.335 e. The molecule has 1 amide bonds. The molecule has 2 rings (SSSR count). The van der Waals surface area contributed by atoms with E-state index in [9.17, 15) is 9.59 Å². The fourth-order valence-electron chi connectivity index (χ4n) is 2.04. The van der Waals surface area contributed by atoms with Crippen LogP contribution in [0.1, 0.15) is 29.4 Å². The number of nitrogens with zero attached hydrogens (tertiary/aromatic N) is 2. The summed E-state index contributed by atoms with van der Waals surface area (Å²) in [5.74, 6) is -0.468. The Morgan fingerprint density at radius 2 is 2.32 bits per heavy atom. The summed E-state index contributed by atoms with van der Waals surface area (Å²) in [6.45, 7) is 3.48. The third kappa shape index (κ3) is 3.21. The van der Waals surface area contributed by atoms with Crippen LogP contribution in [0.25, 0.3) is 0 Å². The number of hydrogen-bond acceptors (Lipinski definition) is 4. The molecule has 1 aromatic rings. The van der Waals surface area contributed by atoms with Crippen molar-refractivity contribution in [1.29, 1.82) is 0 Å². The first-order chi connectivity index (χ1) is 9.10. The van der Waals surface area contributed by atoms with E-state index in [1.165, 1.54) is 6.07 Å². The van der Waals surface area contributed by atoms with Crippen LogP contribution in [0.2, 0.25) is 0 Å². The first kappa shape index (κ1) is 13.3. The summed E-state index contributed by atoms with van der Waals surface area (Å²) in [6, 6.07) is 3.10. The van der Waals surface area contributed by atoms with Crippen molar-refractivity contribution in [3.63, 3.8) is 0 Å². The normalized spacial score (nSPS) is 15.8. The third-order valence-electron chi connectivity index (χ3n) is 3.06. The fourth-order valence-corrected chi connectivity index (χ4v) is 2.04. The van der Waals surface area contributed by atoms with E-state index < -0.39 is 5.97 Å². The monoisotopic (exact) mass is 263 g/mol. The summed E-state index contributed by atoms with van der Waals surface area (Å²) < 4.78 is 0. The Bertz CT molecular complexity index is 502. The number of rotatable bonds is 3. The number of carbonyl (C=O) groups is 2. The zero-order chi connectivity index (χ0) is 13.8. The lowest BCUT2D eigenvalue weighted by atomic mass is 10.2. The Morgan fingerprint density at radius 1 is 1.53 bits per heavy atom. The highest BCUT2D eigenvalue weighted by Gasteiger charge is 2.18. The number of carbonyl (C=O) groups excluding carboxylic acids is 1. The topological polar surface area (TPSA) is 82.5 Å². The number of amides is 1. The molecule has 0 aromatic carbocycles. The second kappa shape index (κ2) is 5.69. The average Bonchev–Trinajstić information content (AvgIpc) is 2.62. The maximum atomic E-state index is 11.5. The van der Waals surface area contributed by atoms with E-state index in [1.54, 1.807) is 6.07 Å². The lowest BCUT2D eigenvalue weighted by Gasteiger charge is -2.21. The van der Waals surface area contributed by atoms with Crippen LogP contribution in [-0.4, -0.2) is 41.6 Å². The number of aryl methyl sites for hydroxylation is 1. The number of aromatic carboxylic acids is 1. The Morgan fingerprint density at radius 3 is 3.00 bits per heavy atom. The molecule has 6 heteroatoms. The summed E-state index contributed by atoms with van der Waals surface area (Å²) in [5, 5.41) is 11.9. The van der Waals surface area contributed by atoms with Crippen molar-refractivity contribution in [3.05, 3.63) is 23.4 Å². The molecule has 19 heavy (non-hydrogen) atoms. The summed E-state index contributed by atoms with van der Waals surface area (Å²) in [7, 11) is 0. The van der Waals surface area contributed by atoms with E-state index in [-0.39, 0.29) is 18.0 Å². The molecule has 2 heterocycles. The second-order valence-corrected chi connectivity index (χ2v) is 4.49. The molecule has 102 valence electrons. The number of hydrogen-bond donors (Lipinski definition) is 2. The second-order valence-electron chi connectivity index (χ2n) is 4.49. The van der Waals surface area contributed by atoms with Gasteiger partial charge in [0.15, 0.2) is 0 Å². The van der Waals surface area contributed by atoms with Gasteiger partial charge in [-0.15, -0.1) is 0 Å². The SMILES string of the molecule is CCc1cc(C(=O)O)cc(N2CCCNC(=O)C2)n1. The lowest BCUT2D eigenvalue weighted by molar-refractivity contribution is -0.119. The van der Waals surface area contributed by atoms with Gasteiger partial charge in [0.1, 0.15) is 5.82 Å². The van der Waals surface area contributed by atoms with Gasteiger partial charge in [0, 0.05) is 18.8 Å². The minimum atomic E-state index is -0.974. The Balaban J connectivity index is 2.34. The highest BCUT2D eigenvalue weighted by atomic mass is 16.4. The van der Waals surface area contributed by atoms with E-state index in [4.69, 9.17) is 5.11 Å². The van der Waals surface area contributed by atoms with Crippen molar-refractivity contribution in [2.45, 2.75) is 19.8 Å².